The number of rotatable bonds is 4. The van der Waals surface area contributed by atoms with Crippen molar-refractivity contribution >= 4 is 22.9 Å². The van der Waals surface area contributed by atoms with E-state index in [9.17, 15) is 4.79 Å². The fourth-order valence-corrected chi connectivity index (χ4v) is 3.11. The number of carbonyl (C=O) groups excluding carboxylic acids is 1. The van der Waals surface area contributed by atoms with Gasteiger partial charge in [-0.25, -0.2) is 0 Å². The average molecular weight is 341 g/mol. The van der Waals surface area contributed by atoms with Crippen LogP contribution >= 0.6 is 11.3 Å². The zero-order chi connectivity index (χ0) is 16.4. The minimum atomic E-state index is -0.129. The normalized spacial score (nSPS) is 15.9. The van der Waals surface area contributed by atoms with Gasteiger partial charge in [0.15, 0.2) is 17.6 Å². The summed E-state index contributed by atoms with van der Waals surface area (Å²) >= 11 is 1.40. The van der Waals surface area contributed by atoms with E-state index in [1.165, 1.54) is 11.3 Å². The first kappa shape index (κ1) is 14.8. The van der Waals surface area contributed by atoms with Gasteiger partial charge in [0, 0.05) is 6.20 Å². The molecule has 1 aliphatic rings. The van der Waals surface area contributed by atoms with Crippen molar-refractivity contribution in [2.45, 2.75) is 12.6 Å². The Bertz CT molecular complexity index is 844. The lowest BCUT2D eigenvalue weighted by atomic mass is 10.2. The molecule has 0 spiro atoms. The van der Waals surface area contributed by atoms with E-state index in [2.05, 4.69) is 10.4 Å². The van der Waals surface area contributed by atoms with E-state index in [1.807, 2.05) is 35.7 Å². The molecule has 0 bridgehead atoms. The molecule has 3 aromatic rings. The third-order valence-corrected chi connectivity index (χ3v) is 4.46. The van der Waals surface area contributed by atoms with Crippen LogP contribution in [0.3, 0.4) is 0 Å². The van der Waals surface area contributed by atoms with Gasteiger partial charge in [0.2, 0.25) is 0 Å². The van der Waals surface area contributed by atoms with E-state index in [1.54, 1.807) is 23.1 Å². The Kier molecular flexibility index (Phi) is 3.92. The maximum atomic E-state index is 12.0. The molecule has 1 N–H and O–H groups in total. The van der Waals surface area contributed by atoms with Gasteiger partial charge in [0.1, 0.15) is 6.61 Å². The van der Waals surface area contributed by atoms with Crippen LogP contribution in [-0.2, 0) is 6.54 Å². The average Bonchev–Trinajstić information content (AvgIpc) is 3.27. The van der Waals surface area contributed by atoms with Gasteiger partial charge in [-0.05, 0) is 23.6 Å². The summed E-state index contributed by atoms with van der Waals surface area (Å²) in [6, 6.07) is 11.2. The number of hydrogen-bond acceptors (Lipinski definition) is 5. The van der Waals surface area contributed by atoms with E-state index < -0.39 is 0 Å². The van der Waals surface area contributed by atoms with Gasteiger partial charge in [-0.1, -0.05) is 18.2 Å². The molecule has 0 aliphatic carbocycles. The molecule has 0 unspecified atom stereocenters. The number of thiophene rings is 1. The number of ether oxygens (including phenoxy) is 2. The number of aromatic nitrogens is 2. The van der Waals surface area contributed by atoms with Crippen molar-refractivity contribution in [3.05, 3.63) is 59.0 Å². The molecule has 0 fully saturated rings. The first-order chi connectivity index (χ1) is 11.8. The second kappa shape index (κ2) is 6.37. The van der Waals surface area contributed by atoms with E-state index in [-0.39, 0.29) is 12.0 Å². The molecule has 6 nitrogen and oxygen atoms in total. The zero-order valence-electron chi connectivity index (χ0n) is 12.7. The molecule has 1 atom stereocenters. The fourth-order valence-electron chi connectivity index (χ4n) is 2.49. The van der Waals surface area contributed by atoms with Gasteiger partial charge >= 0.3 is 0 Å². The summed E-state index contributed by atoms with van der Waals surface area (Å²) in [5, 5.41) is 8.98. The van der Waals surface area contributed by atoms with Gasteiger partial charge < -0.3 is 14.8 Å². The number of para-hydroxylation sites is 2. The highest BCUT2D eigenvalue weighted by Gasteiger charge is 2.21. The summed E-state index contributed by atoms with van der Waals surface area (Å²) < 4.78 is 13.3. The topological polar surface area (TPSA) is 65.4 Å². The molecule has 0 saturated carbocycles. The van der Waals surface area contributed by atoms with Crippen LogP contribution in [0, 0.1) is 0 Å². The number of benzene rings is 1. The summed E-state index contributed by atoms with van der Waals surface area (Å²) in [7, 11) is 0. The predicted octanol–water partition coefficient (Wildman–Crippen LogP) is 3.04. The van der Waals surface area contributed by atoms with Crippen LogP contribution < -0.4 is 14.8 Å². The lowest BCUT2D eigenvalue weighted by Crippen LogP contribution is -2.33. The monoisotopic (exact) mass is 341 g/mol. The van der Waals surface area contributed by atoms with Crippen molar-refractivity contribution in [3.8, 4) is 11.5 Å². The van der Waals surface area contributed by atoms with Gasteiger partial charge in [0.25, 0.3) is 5.91 Å². The number of amides is 1. The van der Waals surface area contributed by atoms with E-state index in [4.69, 9.17) is 9.47 Å². The largest absolute Gasteiger partial charge is 0.486 e. The van der Waals surface area contributed by atoms with Gasteiger partial charge in [0.05, 0.1) is 23.3 Å². The quantitative estimate of drug-likeness (QED) is 0.792. The molecule has 7 heteroatoms. The minimum absolute atomic E-state index is 0.124. The summed E-state index contributed by atoms with van der Waals surface area (Å²) in [6.07, 6.45) is 3.29. The number of hydrogen-bond donors (Lipinski definition) is 1. The second-order valence-electron chi connectivity index (χ2n) is 5.38. The second-order valence-corrected chi connectivity index (χ2v) is 6.33. The molecule has 0 radical (unpaired) electrons. The van der Waals surface area contributed by atoms with Gasteiger partial charge in [-0.2, -0.15) is 5.10 Å². The molecule has 1 aliphatic heterocycles. The molecule has 24 heavy (non-hydrogen) atoms. The Morgan fingerprint density at radius 2 is 2.17 bits per heavy atom. The Balaban J connectivity index is 1.38. The van der Waals surface area contributed by atoms with Crippen LogP contribution in [0.2, 0.25) is 0 Å². The smallest absolute Gasteiger partial charge is 0.265 e. The predicted molar refractivity (Wildman–Crippen MR) is 90.9 cm³/mol. The number of anilines is 1. The Morgan fingerprint density at radius 3 is 3.00 bits per heavy atom. The molecule has 4 rings (SSSR count). The highest BCUT2D eigenvalue weighted by atomic mass is 32.1. The minimum Gasteiger partial charge on any atom is -0.486 e. The van der Waals surface area contributed by atoms with E-state index in [0.29, 0.717) is 23.7 Å². The van der Waals surface area contributed by atoms with Crippen LogP contribution in [0.25, 0.3) is 0 Å². The molecule has 122 valence electrons. The van der Waals surface area contributed by atoms with Crippen LogP contribution in [0.4, 0.5) is 5.69 Å². The first-order valence-corrected chi connectivity index (χ1v) is 8.42. The highest BCUT2D eigenvalue weighted by Crippen LogP contribution is 2.31. The number of nitrogens with zero attached hydrogens (tertiary/aromatic N) is 2. The van der Waals surface area contributed by atoms with E-state index >= 15 is 0 Å². The van der Waals surface area contributed by atoms with Gasteiger partial charge in [-0.15, -0.1) is 11.3 Å². The third kappa shape index (κ3) is 3.11. The molecule has 0 saturated heterocycles. The Hall–Kier alpha value is -2.80. The summed E-state index contributed by atoms with van der Waals surface area (Å²) in [5.41, 5.74) is 0.658. The molecular weight excluding hydrogens is 326 g/mol. The lowest BCUT2D eigenvalue weighted by Gasteiger charge is -2.26. The third-order valence-electron chi connectivity index (χ3n) is 3.59. The maximum absolute atomic E-state index is 12.0. The van der Waals surface area contributed by atoms with Crippen molar-refractivity contribution < 1.29 is 14.3 Å². The van der Waals surface area contributed by atoms with Crippen molar-refractivity contribution in [1.29, 1.82) is 0 Å². The number of carbonyl (C=O) groups is 1. The fraction of sp³-hybridized carbons (Fsp3) is 0.176. The Morgan fingerprint density at radius 1 is 1.29 bits per heavy atom. The molecule has 1 amide bonds. The molecule has 3 heterocycles. The molecule has 1 aromatic carbocycles. The summed E-state index contributed by atoms with van der Waals surface area (Å²) in [5.74, 6) is 1.38. The lowest BCUT2D eigenvalue weighted by molar-refractivity contribution is 0.0759. The maximum Gasteiger partial charge on any atom is 0.265 e. The van der Waals surface area contributed by atoms with Crippen LogP contribution in [0.15, 0.2) is 54.2 Å². The number of fused-ring (bicyclic) bond motifs is 1. The standard InChI is InChI=1S/C17H15N3O3S/c21-17(16-6-3-7-24-16)19-12-8-18-20(9-12)10-13-11-22-14-4-1-2-5-15(14)23-13/h1-9,13H,10-11H2,(H,19,21)/t13-/m1/s1. The van der Waals surface area contributed by atoms with Crippen molar-refractivity contribution in [3.63, 3.8) is 0 Å². The Labute approximate surface area is 142 Å². The van der Waals surface area contributed by atoms with Crippen LogP contribution in [0.5, 0.6) is 11.5 Å². The highest BCUT2D eigenvalue weighted by molar-refractivity contribution is 7.12. The van der Waals surface area contributed by atoms with Crippen LogP contribution in [-0.4, -0.2) is 28.4 Å². The number of nitrogens with one attached hydrogen (secondary N) is 1. The first-order valence-electron chi connectivity index (χ1n) is 7.54. The zero-order valence-corrected chi connectivity index (χ0v) is 13.5. The van der Waals surface area contributed by atoms with Crippen molar-refractivity contribution in [2.24, 2.45) is 0 Å². The van der Waals surface area contributed by atoms with Gasteiger partial charge in [-0.3, -0.25) is 9.48 Å². The SMILES string of the molecule is O=C(Nc1cnn(C[C@@H]2COc3ccccc3O2)c1)c1cccs1. The summed E-state index contributed by atoms with van der Waals surface area (Å²) in [4.78, 5) is 12.7. The van der Waals surface area contributed by atoms with Crippen LogP contribution in [0.1, 0.15) is 9.67 Å². The van der Waals surface area contributed by atoms with Crippen molar-refractivity contribution in [1.82, 2.24) is 9.78 Å². The summed E-state index contributed by atoms with van der Waals surface area (Å²) in [6.45, 7) is 1.01. The molecular formula is C17H15N3O3S. The van der Waals surface area contributed by atoms with Crippen molar-refractivity contribution in [2.75, 3.05) is 11.9 Å². The van der Waals surface area contributed by atoms with E-state index in [0.717, 1.165) is 11.5 Å². The molecule has 2 aromatic heterocycles.